The number of likely N-dealkylation sites (tertiary alicyclic amines) is 1. The first-order chi connectivity index (χ1) is 17.0. The number of anilines is 2. The number of amides is 1. The molecule has 0 bridgehead atoms. The molecular formula is C28H26ClN5O. The fourth-order valence-electron chi connectivity index (χ4n) is 5.00. The van der Waals surface area contributed by atoms with Crippen LogP contribution in [0, 0.1) is 6.92 Å². The van der Waals surface area contributed by atoms with Gasteiger partial charge in [-0.15, -0.1) is 0 Å². The van der Waals surface area contributed by atoms with Crippen LogP contribution < -0.4 is 10.6 Å². The third kappa shape index (κ3) is 4.31. The number of aryl methyl sites for hydroxylation is 1. The van der Waals surface area contributed by atoms with E-state index in [0.717, 1.165) is 51.6 Å². The Balaban J connectivity index is 1.41. The van der Waals surface area contributed by atoms with Crippen LogP contribution in [0.3, 0.4) is 0 Å². The number of H-pyrrole nitrogens is 1. The number of aromatic amines is 1. The number of benzene rings is 3. The molecule has 0 atom stereocenters. The van der Waals surface area contributed by atoms with Crippen molar-refractivity contribution in [1.82, 2.24) is 14.9 Å². The van der Waals surface area contributed by atoms with Gasteiger partial charge < -0.3 is 15.6 Å². The van der Waals surface area contributed by atoms with E-state index in [2.05, 4.69) is 49.8 Å². The molecule has 3 N–H and O–H groups in total. The van der Waals surface area contributed by atoms with Crippen LogP contribution in [0.4, 0.5) is 11.4 Å². The van der Waals surface area contributed by atoms with Crippen molar-refractivity contribution in [3.05, 3.63) is 88.2 Å². The van der Waals surface area contributed by atoms with Crippen LogP contribution in [0.1, 0.15) is 35.4 Å². The first kappa shape index (κ1) is 21.9. The van der Waals surface area contributed by atoms with E-state index in [0.29, 0.717) is 10.6 Å². The van der Waals surface area contributed by atoms with Gasteiger partial charge in [0, 0.05) is 28.4 Å². The zero-order valence-electron chi connectivity index (χ0n) is 19.5. The highest BCUT2D eigenvalue weighted by atomic mass is 35.5. The zero-order valence-corrected chi connectivity index (χ0v) is 20.2. The number of nitrogens with one attached hydrogen (secondary N) is 3. The largest absolute Gasteiger partial charge is 0.354 e. The fraction of sp³-hybridized carbons (Fsp3) is 0.214. The Morgan fingerprint density at radius 3 is 2.66 bits per heavy atom. The third-order valence-corrected chi connectivity index (χ3v) is 6.93. The van der Waals surface area contributed by atoms with Crippen LogP contribution >= 0.6 is 11.6 Å². The topological polar surface area (TPSA) is 73.1 Å². The van der Waals surface area contributed by atoms with Gasteiger partial charge in [0.05, 0.1) is 28.0 Å². The molecule has 0 aliphatic carbocycles. The Labute approximate surface area is 209 Å². The van der Waals surface area contributed by atoms with Gasteiger partial charge in [0.1, 0.15) is 5.82 Å². The monoisotopic (exact) mass is 483 g/mol. The summed E-state index contributed by atoms with van der Waals surface area (Å²) in [4.78, 5) is 23.5. The minimum absolute atomic E-state index is 0.159. The first-order valence-electron chi connectivity index (χ1n) is 11.9. The van der Waals surface area contributed by atoms with Crippen molar-refractivity contribution < 1.29 is 4.79 Å². The van der Waals surface area contributed by atoms with Gasteiger partial charge in [0.25, 0.3) is 5.91 Å². The van der Waals surface area contributed by atoms with Crippen LogP contribution in [0.2, 0.25) is 5.02 Å². The second-order valence-electron chi connectivity index (χ2n) is 9.25. The number of aromatic nitrogens is 2. The molecule has 2 aliphatic heterocycles. The molecule has 0 unspecified atom stereocenters. The van der Waals surface area contributed by atoms with E-state index in [4.69, 9.17) is 11.6 Å². The second kappa shape index (κ2) is 8.87. The number of carbonyl (C=O) groups excluding carboxylic acids is 1. The van der Waals surface area contributed by atoms with Gasteiger partial charge in [-0.3, -0.25) is 9.69 Å². The number of halogens is 1. The molecular weight excluding hydrogens is 458 g/mol. The summed E-state index contributed by atoms with van der Waals surface area (Å²) in [6, 6.07) is 20.0. The van der Waals surface area contributed by atoms with Crippen LogP contribution in [0.5, 0.6) is 0 Å². The van der Waals surface area contributed by atoms with Gasteiger partial charge >= 0.3 is 0 Å². The maximum atomic E-state index is 13.2. The molecule has 0 spiro atoms. The molecule has 4 aromatic rings. The highest BCUT2D eigenvalue weighted by Crippen LogP contribution is 2.39. The number of nitrogens with zero attached hydrogens (tertiary/aromatic N) is 2. The summed E-state index contributed by atoms with van der Waals surface area (Å²) in [5.41, 5.74) is 7.78. The van der Waals surface area contributed by atoms with E-state index in [1.165, 1.54) is 31.5 Å². The first-order valence-corrected chi connectivity index (χ1v) is 12.3. The summed E-state index contributed by atoms with van der Waals surface area (Å²) in [6.07, 6.45) is 2.57. The molecule has 6 nitrogen and oxygen atoms in total. The average Bonchev–Trinajstić information content (AvgIpc) is 3.56. The summed E-state index contributed by atoms with van der Waals surface area (Å²) in [6.45, 7) is 5.25. The molecule has 1 fully saturated rings. The van der Waals surface area contributed by atoms with Gasteiger partial charge in [-0.25, -0.2) is 4.98 Å². The van der Waals surface area contributed by atoms with E-state index in [9.17, 15) is 4.79 Å². The Morgan fingerprint density at radius 1 is 1.06 bits per heavy atom. The van der Waals surface area contributed by atoms with Gasteiger partial charge in [-0.05, 0) is 74.8 Å². The van der Waals surface area contributed by atoms with Gasteiger partial charge in [0.2, 0.25) is 0 Å². The Morgan fingerprint density at radius 2 is 1.86 bits per heavy atom. The van der Waals surface area contributed by atoms with Gasteiger partial charge in [0.15, 0.2) is 0 Å². The fourth-order valence-corrected chi connectivity index (χ4v) is 5.17. The highest BCUT2D eigenvalue weighted by Gasteiger charge is 2.29. The number of fused-ring (bicyclic) bond motifs is 2. The molecule has 3 aromatic carbocycles. The lowest BCUT2D eigenvalue weighted by molar-refractivity contribution is -0.110. The molecule has 0 radical (unpaired) electrons. The normalized spacial score (nSPS) is 17.0. The minimum Gasteiger partial charge on any atom is -0.354 e. The van der Waals surface area contributed by atoms with Crippen molar-refractivity contribution >= 4 is 51.2 Å². The summed E-state index contributed by atoms with van der Waals surface area (Å²) < 4.78 is 0. The minimum atomic E-state index is -0.159. The maximum absolute atomic E-state index is 13.2. The lowest BCUT2D eigenvalue weighted by atomic mass is 9.99. The number of rotatable bonds is 5. The molecule has 2 aliphatic rings. The zero-order chi connectivity index (χ0) is 23.9. The summed E-state index contributed by atoms with van der Waals surface area (Å²) >= 11 is 6.19. The van der Waals surface area contributed by atoms with Crippen molar-refractivity contribution in [2.45, 2.75) is 26.3 Å². The van der Waals surface area contributed by atoms with E-state index >= 15 is 0 Å². The molecule has 35 heavy (non-hydrogen) atoms. The molecule has 0 saturated carbocycles. The van der Waals surface area contributed by atoms with Gasteiger partial charge in [-0.2, -0.15) is 0 Å². The average molecular weight is 484 g/mol. The van der Waals surface area contributed by atoms with Crippen molar-refractivity contribution in [2.75, 3.05) is 23.7 Å². The van der Waals surface area contributed by atoms with Crippen LogP contribution in [-0.4, -0.2) is 33.9 Å². The Bertz CT molecular complexity index is 1460. The lowest BCUT2D eigenvalue weighted by Gasteiger charge is -2.17. The molecule has 7 heteroatoms. The van der Waals surface area contributed by atoms with Crippen molar-refractivity contribution in [3.63, 3.8) is 0 Å². The summed E-state index contributed by atoms with van der Waals surface area (Å²) in [5, 5.41) is 7.10. The van der Waals surface area contributed by atoms with Gasteiger partial charge in [-0.1, -0.05) is 35.9 Å². The molecule has 1 amide bonds. The predicted molar refractivity (Wildman–Crippen MR) is 142 cm³/mol. The van der Waals surface area contributed by atoms with Crippen molar-refractivity contribution in [2.24, 2.45) is 0 Å². The third-order valence-electron chi connectivity index (χ3n) is 6.69. The SMILES string of the molecule is Cc1nc2cc(/C(Nc3ccc(CN4CCCC4)cc3)=C3/C(=O)Nc4cc(Cl)ccc43)ccc2[nH]1. The van der Waals surface area contributed by atoms with E-state index in [-0.39, 0.29) is 5.91 Å². The molecule has 1 aromatic heterocycles. The molecule has 3 heterocycles. The molecule has 1 saturated heterocycles. The lowest BCUT2D eigenvalue weighted by Crippen LogP contribution is -2.18. The number of carbonyl (C=O) groups is 1. The van der Waals surface area contributed by atoms with Crippen LogP contribution in [0.25, 0.3) is 22.3 Å². The predicted octanol–water partition coefficient (Wildman–Crippen LogP) is 6.05. The number of hydrogen-bond donors (Lipinski definition) is 3. The summed E-state index contributed by atoms with van der Waals surface area (Å²) in [7, 11) is 0. The smallest absolute Gasteiger partial charge is 0.258 e. The quantitative estimate of drug-likeness (QED) is 0.302. The Hall–Kier alpha value is -3.61. The van der Waals surface area contributed by atoms with E-state index < -0.39 is 0 Å². The number of hydrogen-bond acceptors (Lipinski definition) is 4. The van der Waals surface area contributed by atoms with Crippen LogP contribution in [-0.2, 0) is 11.3 Å². The second-order valence-corrected chi connectivity index (χ2v) is 9.69. The summed E-state index contributed by atoms with van der Waals surface area (Å²) in [5.74, 6) is 0.695. The van der Waals surface area contributed by atoms with Crippen LogP contribution in [0.15, 0.2) is 60.7 Å². The highest BCUT2D eigenvalue weighted by molar-refractivity contribution is 6.38. The standard InChI is InChI=1S/C28H26ClN5O/c1-17-30-23-11-6-19(14-25(23)31-17)27(26-22-10-7-20(29)15-24(22)33-28(26)35)32-21-8-4-18(5-9-21)16-34-12-2-3-13-34/h4-11,14-15,32H,2-3,12-13,16H2,1H3,(H,30,31)(H,33,35)/b27-26-. The number of imidazole rings is 1. The van der Waals surface area contributed by atoms with E-state index in [1.807, 2.05) is 37.3 Å². The maximum Gasteiger partial charge on any atom is 0.258 e. The van der Waals surface area contributed by atoms with Crippen molar-refractivity contribution in [3.8, 4) is 0 Å². The van der Waals surface area contributed by atoms with Crippen molar-refractivity contribution in [1.29, 1.82) is 0 Å². The van der Waals surface area contributed by atoms with E-state index in [1.54, 1.807) is 6.07 Å². The molecule has 6 rings (SSSR count). The molecule has 176 valence electrons. The Kier molecular flexibility index (Phi) is 5.55.